The summed E-state index contributed by atoms with van der Waals surface area (Å²) in [6.45, 7) is 4.22. The van der Waals surface area contributed by atoms with Gasteiger partial charge in [0.05, 0.1) is 50.6 Å². The summed E-state index contributed by atoms with van der Waals surface area (Å²) in [6, 6.07) is 64.4. The fourth-order valence-corrected chi connectivity index (χ4v) is 8.85. The highest BCUT2D eigenvalue weighted by Crippen LogP contribution is 2.40. The maximum absolute atomic E-state index is 10.5. The second kappa shape index (κ2) is 14.6. The van der Waals surface area contributed by atoms with Gasteiger partial charge in [0.25, 0.3) is 0 Å². The van der Waals surface area contributed by atoms with E-state index in [1.807, 2.05) is 84.9 Å². The Hall–Kier alpha value is -8.65. The first-order valence-electron chi connectivity index (χ1n) is 20.5. The third-order valence-corrected chi connectivity index (χ3v) is 11.7. The van der Waals surface area contributed by atoms with Crippen molar-refractivity contribution in [3.05, 3.63) is 198 Å². The molecule has 7 nitrogen and oxygen atoms in total. The van der Waals surface area contributed by atoms with Gasteiger partial charge in [0.1, 0.15) is 6.07 Å². The van der Waals surface area contributed by atoms with E-state index in [0.29, 0.717) is 28.6 Å². The van der Waals surface area contributed by atoms with Crippen LogP contribution in [0.2, 0.25) is 0 Å². The predicted molar refractivity (Wildman–Crippen MR) is 249 cm³/mol. The molecular weight excluding hydrogens is 759 g/mol. The Kier molecular flexibility index (Phi) is 8.56. The molecule has 0 radical (unpaired) electrons. The van der Waals surface area contributed by atoms with Gasteiger partial charge in [0, 0.05) is 43.8 Å². The van der Waals surface area contributed by atoms with E-state index in [1.165, 1.54) is 11.1 Å². The zero-order chi connectivity index (χ0) is 41.9. The average molecular weight is 794 g/mol. The summed E-state index contributed by atoms with van der Waals surface area (Å²) >= 11 is 0. The molecule has 0 saturated heterocycles. The number of benzene rings is 8. The van der Waals surface area contributed by atoms with Gasteiger partial charge in [-0.3, -0.25) is 0 Å². The van der Waals surface area contributed by atoms with E-state index < -0.39 is 0 Å². The Balaban J connectivity index is 1.16. The minimum atomic E-state index is 0.482. The molecule has 11 aromatic rings. The van der Waals surface area contributed by atoms with Crippen LogP contribution < -0.4 is 0 Å². The molecule has 8 aromatic carbocycles. The molecule has 0 aliphatic carbocycles. The molecule has 0 aliphatic heterocycles. The number of hydrogen-bond donors (Lipinski definition) is 0. The van der Waals surface area contributed by atoms with Crippen molar-refractivity contribution in [3.63, 3.8) is 0 Å². The van der Waals surface area contributed by atoms with Crippen molar-refractivity contribution in [1.29, 1.82) is 10.5 Å². The van der Waals surface area contributed by atoms with E-state index in [9.17, 15) is 10.5 Å². The van der Waals surface area contributed by atoms with Crippen molar-refractivity contribution in [3.8, 4) is 68.8 Å². The number of aryl methyl sites for hydroxylation is 2. The Morgan fingerprint density at radius 1 is 0.387 bits per heavy atom. The van der Waals surface area contributed by atoms with E-state index in [-0.39, 0.29) is 0 Å². The third kappa shape index (κ3) is 6.00. The second-order valence-corrected chi connectivity index (χ2v) is 15.7. The third-order valence-electron chi connectivity index (χ3n) is 11.7. The lowest BCUT2D eigenvalue weighted by Crippen LogP contribution is -2.03. The summed E-state index contributed by atoms with van der Waals surface area (Å²) in [6.07, 6.45) is 0. The number of hydrogen-bond acceptors (Lipinski definition) is 5. The molecule has 62 heavy (non-hydrogen) atoms. The molecule has 0 atom stereocenters. The Morgan fingerprint density at radius 2 is 0.903 bits per heavy atom. The molecule has 7 heteroatoms. The standard InChI is InChI=1S/C55H35N7/c1-34-19-25-49-45(27-34)43-15-6-8-17-47(43)61(49)51-30-39(21-22-41(51)33-57)54-58-53(37-12-4-3-5-13-37)59-55(60-54)40-23-24-42(38-14-10-11-36(29-38)32-56)52(31-40)62-48-18-9-7-16-44(48)46-28-35(2)20-26-50(46)62/h3-31H,1-2H3. The van der Waals surface area contributed by atoms with Crippen molar-refractivity contribution in [1.82, 2.24) is 24.1 Å². The molecule has 0 unspecified atom stereocenters. The number of aromatic nitrogens is 5. The molecule has 0 aliphatic rings. The quantitative estimate of drug-likeness (QED) is 0.167. The van der Waals surface area contributed by atoms with E-state index in [0.717, 1.165) is 82.8 Å². The van der Waals surface area contributed by atoms with Gasteiger partial charge in [-0.25, -0.2) is 15.0 Å². The molecule has 11 rings (SSSR count). The summed E-state index contributed by atoms with van der Waals surface area (Å²) in [5.74, 6) is 1.52. The summed E-state index contributed by atoms with van der Waals surface area (Å²) < 4.78 is 4.48. The molecule has 3 heterocycles. The fraction of sp³-hybridized carbons (Fsp3) is 0.0364. The van der Waals surface area contributed by atoms with Crippen molar-refractivity contribution in [2.24, 2.45) is 0 Å². The largest absolute Gasteiger partial charge is 0.309 e. The summed E-state index contributed by atoms with van der Waals surface area (Å²) in [5.41, 5.74) is 13.6. The van der Waals surface area contributed by atoms with Gasteiger partial charge in [-0.2, -0.15) is 10.5 Å². The molecule has 0 spiro atoms. The summed E-state index contributed by atoms with van der Waals surface area (Å²) in [7, 11) is 0. The lowest BCUT2D eigenvalue weighted by Gasteiger charge is -2.17. The number of nitriles is 2. The number of fused-ring (bicyclic) bond motifs is 6. The first-order valence-corrected chi connectivity index (χ1v) is 20.5. The number of rotatable bonds is 6. The zero-order valence-electron chi connectivity index (χ0n) is 33.9. The first kappa shape index (κ1) is 36.4. The second-order valence-electron chi connectivity index (χ2n) is 15.7. The molecule has 0 amide bonds. The van der Waals surface area contributed by atoms with E-state index in [1.54, 1.807) is 0 Å². The highest BCUT2D eigenvalue weighted by atomic mass is 15.0. The lowest BCUT2D eigenvalue weighted by atomic mass is 9.99. The molecule has 0 bridgehead atoms. The minimum Gasteiger partial charge on any atom is -0.309 e. The molecule has 3 aromatic heterocycles. The molecule has 0 saturated carbocycles. The van der Waals surface area contributed by atoms with Crippen molar-refractivity contribution < 1.29 is 0 Å². The van der Waals surface area contributed by atoms with Gasteiger partial charge in [-0.1, -0.05) is 114 Å². The van der Waals surface area contributed by atoms with Crippen molar-refractivity contribution >= 4 is 43.6 Å². The van der Waals surface area contributed by atoms with Crippen LogP contribution in [0.5, 0.6) is 0 Å². The minimum absolute atomic E-state index is 0.482. The predicted octanol–water partition coefficient (Wildman–Crippen LogP) is 13.1. The van der Waals surface area contributed by atoms with E-state index in [4.69, 9.17) is 15.0 Å². The Bertz CT molecular complexity index is 3690. The zero-order valence-corrected chi connectivity index (χ0v) is 33.9. The first-order chi connectivity index (χ1) is 30.4. The van der Waals surface area contributed by atoms with Crippen LogP contribution in [-0.4, -0.2) is 24.1 Å². The molecular formula is C55H35N7. The molecule has 0 fully saturated rings. The molecule has 290 valence electrons. The van der Waals surface area contributed by atoms with E-state index >= 15 is 0 Å². The summed E-state index contributed by atoms with van der Waals surface area (Å²) in [5, 5.41) is 25.0. The maximum atomic E-state index is 10.5. The number of para-hydroxylation sites is 2. The number of nitrogens with zero attached hydrogens (tertiary/aromatic N) is 7. The van der Waals surface area contributed by atoms with E-state index in [2.05, 4.69) is 126 Å². The van der Waals surface area contributed by atoms with Crippen LogP contribution in [0.15, 0.2) is 176 Å². The fourth-order valence-electron chi connectivity index (χ4n) is 8.85. The smallest absolute Gasteiger partial charge is 0.164 e. The van der Waals surface area contributed by atoms with Crippen LogP contribution in [0.25, 0.3) is 100 Å². The van der Waals surface area contributed by atoms with Gasteiger partial charge < -0.3 is 9.13 Å². The van der Waals surface area contributed by atoms with Gasteiger partial charge >= 0.3 is 0 Å². The topological polar surface area (TPSA) is 96.1 Å². The van der Waals surface area contributed by atoms with Crippen LogP contribution in [0.1, 0.15) is 22.3 Å². The van der Waals surface area contributed by atoms with Gasteiger partial charge in [-0.15, -0.1) is 0 Å². The van der Waals surface area contributed by atoms with Crippen LogP contribution in [-0.2, 0) is 0 Å². The van der Waals surface area contributed by atoms with Gasteiger partial charge in [0.15, 0.2) is 17.5 Å². The highest BCUT2D eigenvalue weighted by Gasteiger charge is 2.21. The molecule has 0 N–H and O–H groups in total. The van der Waals surface area contributed by atoms with Crippen molar-refractivity contribution in [2.75, 3.05) is 0 Å². The summed E-state index contributed by atoms with van der Waals surface area (Å²) in [4.78, 5) is 15.5. The van der Waals surface area contributed by atoms with Gasteiger partial charge in [-0.05, 0) is 92.2 Å². The Morgan fingerprint density at radius 3 is 1.52 bits per heavy atom. The van der Waals surface area contributed by atoms with Crippen LogP contribution in [0.3, 0.4) is 0 Å². The van der Waals surface area contributed by atoms with Crippen molar-refractivity contribution in [2.45, 2.75) is 13.8 Å². The SMILES string of the molecule is Cc1ccc2c(c1)c1ccccc1n2-c1cc(-c2nc(-c3ccccc3)nc(-c3ccc(-c4cccc(C#N)c4)c(-n4c5ccccc5c5cc(C)ccc54)c3)n2)ccc1C#N. The van der Waals surface area contributed by atoms with Gasteiger partial charge in [0.2, 0.25) is 0 Å². The highest BCUT2D eigenvalue weighted by molar-refractivity contribution is 6.11. The normalized spacial score (nSPS) is 11.4. The maximum Gasteiger partial charge on any atom is 0.164 e. The van der Waals surface area contributed by atoms with Crippen LogP contribution >= 0.6 is 0 Å². The van der Waals surface area contributed by atoms with Crippen LogP contribution in [0, 0.1) is 36.5 Å². The monoisotopic (exact) mass is 793 g/mol. The van der Waals surface area contributed by atoms with Crippen LogP contribution in [0.4, 0.5) is 0 Å². The lowest BCUT2D eigenvalue weighted by molar-refractivity contribution is 1.07. The average Bonchev–Trinajstić information content (AvgIpc) is 3.83. The Labute approximate surface area is 357 Å².